The van der Waals surface area contributed by atoms with Crippen molar-refractivity contribution in [1.82, 2.24) is 19.7 Å². The lowest BCUT2D eigenvalue weighted by atomic mass is 10.2. The number of aromatic nitrogens is 4. The topological polar surface area (TPSA) is 119 Å². The molecule has 2 aromatic rings. The number of aliphatic hydroxyl groups excluding tert-OH is 2. The van der Waals surface area contributed by atoms with Crippen LogP contribution in [0.1, 0.15) is 44.0 Å². The van der Waals surface area contributed by atoms with Gasteiger partial charge in [0.1, 0.15) is 23.9 Å². The summed E-state index contributed by atoms with van der Waals surface area (Å²) in [6.45, 7) is -0.266. The number of fused-ring (bicyclic) bond motifs is 1. The number of nitrogens with two attached hydrogens (primary N) is 1. The molecule has 0 unspecified atom stereocenters. The highest BCUT2D eigenvalue weighted by molar-refractivity contribution is 5.90. The lowest BCUT2D eigenvalue weighted by molar-refractivity contribution is -0.0470. The summed E-state index contributed by atoms with van der Waals surface area (Å²) >= 11 is 0. The highest BCUT2D eigenvalue weighted by atomic mass is 16.5. The van der Waals surface area contributed by atoms with E-state index in [1.807, 2.05) is 0 Å². The third-order valence-electron chi connectivity index (χ3n) is 4.25. The van der Waals surface area contributed by atoms with Crippen LogP contribution in [0.15, 0.2) is 6.33 Å². The van der Waals surface area contributed by atoms with E-state index in [9.17, 15) is 10.2 Å². The predicted octanol–water partition coefficient (Wildman–Crippen LogP) is 0.594. The number of rotatable bonds is 5. The van der Waals surface area contributed by atoms with Crippen molar-refractivity contribution in [2.45, 2.75) is 50.5 Å². The molecule has 0 saturated carbocycles. The van der Waals surface area contributed by atoms with Crippen molar-refractivity contribution in [2.75, 3.05) is 12.3 Å². The molecule has 0 aromatic carbocycles. The lowest BCUT2D eigenvalue weighted by Crippen LogP contribution is -2.24. The summed E-state index contributed by atoms with van der Waals surface area (Å²) in [5, 5.41) is 24.3. The summed E-state index contributed by atoms with van der Waals surface area (Å²) in [5.74, 6) is 8.99. The largest absolute Gasteiger partial charge is 0.394 e. The van der Waals surface area contributed by atoms with Gasteiger partial charge in [-0.05, 0) is 18.8 Å². The maximum absolute atomic E-state index is 9.97. The van der Waals surface area contributed by atoms with Crippen molar-refractivity contribution in [1.29, 1.82) is 0 Å². The Morgan fingerprint density at radius 3 is 2.88 bits per heavy atom. The zero-order chi connectivity index (χ0) is 18.5. The van der Waals surface area contributed by atoms with Gasteiger partial charge in [0, 0.05) is 19.3 Å². The minimum absolute atomic E-state index is 0.266. The average Bonchev–Trinajstić information content (AvgIpc) is 3.19. The van der Waals surface area contributed by atoms with Gasteiger partial charge in [-0.2, -0.15) is 5.10 Å². The Balaban J connectivity index is 1.88. The average molecular weight is 355 g/mol. The number of nitrogen functional groups attached to an aromatic ring is 1. The van der Waals surface area contributed by atoms with Gasteiger partial charge in [-0.1, -0.05) is 5.92 Å². The zero-order valence-corrected chi connectivity index (χ0v) is 14.3. The normalized spacial score (nSPS) is 22.1. The maximum Gasteiger partial charge on any atom is 0.167 e. The molecule has 26 heavy (non-hydrogen) atoms. The van der Waals surface area contributed by atoms with Crippen LogP contribution in [0.4, 0.5) is 5.82 Å². The number of anilines is 1. The van der Waals surface area contributed by atoms with E-state index in [-0.39, 0.29) is 12.4 Å². The van der Waals surface area contributed by atoms with Crippen LogP contribution in [0.2, 0.25) is 0 Å². The zero-order valence-electron chi connectivity index (χ0n) is 14.3. The van der Waals surface area contributed by atoms with Crippen LogP contribution >= 0.6 is 0 Å². The highest BCUT2D eigenvalue weighted by Crippen LogP contribution is 2.32. The van der Waals surface area contributed by atoms with Gasteiger partial charge in [0.15, 0.2) is 11.9 Å². The van der Waals surface area contributed by atoms with Crippen molar-refractivity contribution in [3.63, 3.8) is 0 Å². The summed E-state index contributed by atoms with van der Waals surface area (Å²) in [5.41, 5.74) is 6.96. The molecule has 0 amide bonds. The van der Waals surface area contributed by atoms with Gasteiger partial charge in [-0.25, -0.2) is 14.6 Å². The fourth-order valence-electron chi connectivity index (χ4n) is 2.90. The first-order valence-electron chi connectivity index (χ1n) is 8.51. The molecule has 3 heterocycles. The minimum Gasteiger partial charge on any atom is -0.394 e. The van der Waals surface area contributed by atoms with Crippen LogP contribution in [-0.2, 0) is 4.74 Å². The highest BCUT2D eigenvalue weighted by Gasteiger charge is 2.36. The Kier molecular flexibility index (Phi) is 5.69. The van der Waals surface area contributed by atoms with Gasteiger partial charge in [-0.3, -0.25) is 0 Å². The summed E-state index contributed by atoms with van der Waals surface area (Å²) in [4.78, 5) is 8.26. The molecule has 1 saturated heterocycles. The first-order chi connectivity index (χ1) is 12.7. The van der Waals surface area contributed by atoms with E-state index >= 15 is 0 Å². The number of unbranched alkanes of at least 4 members (excludes halogenated alkanes) is 3. The monoisotopic (exact) mass is 355 g/mol. The molecule has 1 fully saturated rings. The van der Waals surface area contributed by atoms with E-state index < -0.39 is 18.4 Å². The Hall–Kier alpha value is -2.65. The molecule has 8 heteroatoms. The molecular formula is C18H21N5O3. The van der Waals surface area contributed by atoms with Crippen molar-refractivity contribution in [3.05, 3.63) is 12.0 Å². The maximum atomic E-state index is 9.97. The van der Waals surface area contributed by atoms with Crippen LogP contribution in [0.3, 0.4) is 0 Å². The van der Waals surface area contributed by atoms with Gasteiger partial charge < -0.3 is 20.7 Å². The first kappa shape index (κ1) is 18.2. The standard InChI is InChI=1S/C18H21N5O3/c1-2-3-4-5-6-7-8-12-16-17(19)20-11-21-18(16)23(22-12)15-9-13(25)14(10-24)26-15/h1,11,13-15,24-25H,3-6,9-10H2,(H2,19,20,21)/t13-,14+,15+/m0/s1. The molecule has 1 aliphatic heterocycles. The molecule has 1 aliphatic rings. The van der Waals surface area contributed by atoms with Crippen molar-refractivity contribution >= 4 is 16.9 Å². The first-order valence-corrected chi connectivity index (χ1v) is 8.51. The Labute approximate surface area is 151 Å². The van der Waals surface area contributed by atoms with E-state index in [1.54, 1.807) is 4.68 Å². The molecule has 0 radical (unpaired) electrons. The quantitative estimate of drug-likeness (QED) is 0.530. The molecule has 0 aliphatic carbocycles. The summed E-state index contributed by atoms with van der Waals surface area (Å²) in [6.07, 6.45) is 8.20. The molecule has 3 atom stereocenters. The SMILES string of the molecule is C#CCCCCC#Cc1nn([C@H]2C[C@H](O)[C@@H](CO)O2)c2ncnc(N)c12. The molecular weight excluding hydrogens is 334 g/mol. The van der Waals surface area contributed by atoms with E-state index in [2.05, 4.69) is 32.8 Å². The molecule has 136 valence electrons. The van der Waals surface area contributed by atoms with Crippen LogP contribution in [0, 0.1) is 24.2 Å². The molecule has 0 bridgehead atoms. The summed E-state index contributed by atoms with van der Waals surface area (Å²) in [7, 11) is 0. The van der Waals surface area contributed by atoms with Crippen LogP contribution in [-0.4, -0.2) is 48.8 Å². The van der Waals surface area contributed by atoms with E-state index in [1.165, 1.54) is 6.33 Å². The van der Waals surface area contributed by atoms with Crippen LogP contribution < -0.4 is 5.73 Å². The Morgan fingerprint density at radius 1 is 1.35 bits per heavy atom. The van der Waals surface area contributed by atoms with Crippen LogP contribution in [0.25, 0.3) is 11.0 Å². The van der Waals surface area contributed by atoms with E-state index in [4.69, 9.17) is 16.9 Å². The molecule has 2 aromatic heterocycles. The molecule has 4 N–H and O–H groups in total. The van der Waals surface area contributed by atoms with Gasteiger partial charge in [0.25, 0.3) is 0 Å². The molecule has 3 rings (SSSR count). The van der Waals surface area contributed by atoms with Crippen molar-refractivity contribution < 1.29 is 14.9 Å². The van der Waals surface area contributed by atoms with Crippen molar-refractivity contribution in [3.8, 4) is 24.2 Å². The number of hydrogen-bond acceptors (Lipinski definition) is 7. The smallest absolute Gasteiger partial charge is 0.167 e. The predicted molar refractivity (Wildman–Crippen MR) is 95.5 cm³/mol. The summed E-state index contributed by atoms with van der Waals surface area (Å²) < 4.78 is 7.22. The van der Waals surface area contributed by atoms with E-state index in [0.717, 1.165) is 19.3 Å². The Bertz CT molecular complexity index is 877. The third-order valence-corrected chi connectivity index (χ3v) is 4.25. The second-order valence-electron chi connectivity index (χ2n) is 6.08. The third kappa shape index (κ3) is 3.63. The fourth-order valence-corrected chi connectivity index (χ4v) is 2.90. The van der Waals surface area contributed by atoms with Gasteiger partial charge in [0.05, 0.1) is 18.1 Å². The lowest BCUT2D eigenvalue weighted by Gasteiger charge is -2.12. The van der Waals surface area contributed by atoms with Crippen LogP contribution in [0.5, 0.6) is 0 Å². The number of nitrogens with zero attached hydrogens (tertiary/aromatic N) is 4. The van der Waals surface area contributed by atoms with Gasteiger partial charge in [-0.15, -0.1) is 12.3 Å². The van der Waals surface area contributed by atoms with Gasteiger partial charge in [0.2, 0.25) is 0 Å². The number of ether oxygens (including phenoxy) is 1. The minimum atomic E-state index is -0.769. The fraction of sp³-hybridized carbons (Fsp3) is 0.500. The second kappa shape index (κ2) is 8.15. The second-order valence-corrected chi connectivity index (χ2v) is 6.08. The van der Waals surface area contributed by atoms with E-state index in [0.29, 0.717) is 29.6 Å². The summed E-state index contributed by atoms with van der Waals surface area (Å²) in [6, 6.07) is 0. The van der Waals surface area contributed by atoms with Crippen molar-refractivity contribution in [2.24, 2.45) is 0 Å². The number of hydrogen-bond donors (Lipinski definition) is 3. The number of aliphatic hydroxyl groups is 2. The van der Waals surface area contributed by atoms with Gasteiger partial charge >= 0.3 is 0 Å². The number of terminal acetylenes is 1. The molecule has 8 nitrogen and oxygen atoms in total. The molecule has 0 spiro atoms. The Morgan fingerprint density at radius 2 is 2.15 bits per heavy atom.